The Hall–Kier alpha value is -2.33. The molecular weight excluding hydrogens is 360 g/mol. The number of benzene rings is 2. The average molecular weight is 393 g/mol. The van der Waals surface area contributed by atoms with Crippen molar-refractivity contribution in [2.45, 2.75) is 51.7 Å². The van der Waals surface area contributed by atoms with Crippen molar-refractivity contribution in [3.63, 3.8) is 0 Å². The predicted molar refractivity (Wildman–Crippen MR) is 116 cm³/mol. The molecule has 4 rings (SSSR count). The number of hydrogen-bond donors (Lipinski definition) is 1. The van der Waals surface area contributed by atoms with Gasteiger partial charge in [0.15, 0.2) is 0 Å². The molecule has 0 aromatic heterocycles. The molecule has 0 bridgehead atoms. The van der Waals surface area contributed by atoms with Gasteiger partial charge >= 0.3 is 0 Å². The molecule has 4 heteroatoms. The molecule has 1 N–H and O–H groups in total. The van der Waals surface area contributed by atoms with Crippen LogP contribution in [-0.4, -0.2) is 36.5 Å². The summed E-state index contributed by atoms with van der Waals surface area (Å²) in [7, 11) is 0. The summed E-state index contributed by atoms with van der Waals surface area (Å²) in [5.41, 5.74) is 3.44. The van der Waals surface area contributed by atoms with E-state index in [-0.39, 0.29) is 5.91 Å². The van der Waals surface area contributed by atoms with Crippen molar-refractivity contribution < 1.29 is 9.53 Å². The lowest BCUT2D eigenvalue weighted by Gasteiger charge is -2.32. The van der Waals surface area contributed by atoms with Gasteiger partial charge in [0, 0.05) is 19.1 Å². The summed E-state index contributed by atoms with van der Waals surface area (Å²) in [6.45, 7) is 5.53. The van der Waals surface area contributed by atoms with E-state index in [2.05, 4.69) is 24.4 Å². The molecule has 0 atom stereocenters. The monoisotopic (exact) mass is 392 g/mol. The van der Waals surface area contributed by atoms with Crippen molar-refractivity contribution >= 4 is 5.91 Å². The number of piperidine rings is 1. The number of carbonyl (C=O) groups excluding carboxylic acids is 1. The zero-order valence-electron chi connectivity index (χ0n) is 17.4. The highest BCUT2D eigenvalue weighted by Crippen LogP contribution is 2.28. The summed E-state index contributed by atoms with van der Waals surface area (Å²) in [5.74, 6) is 1.96. The molecule has 1 heterocycles. The Morgan fingerprint density at radius 3 is 2.62 bits per heavy atom. The maximum absolute atomic E-state index is 12.8. The zero-order valence-corrected chi connectivity index (χ0v) is 17.4. The van der Waals surface area contributed by atoms with Gasteiger partial charge in [0.05, 0.1) is 6.42 Å². The number of nitrogens with zero attached hydrogens (tertiary/aromatic N) is 1. The number of nitrogens with one attached hydrogen (secondary N) is 1. The molecule has 0 unspecified atom stereocenters. The van der Waals surface area contributed by atoms with Crippen molar-refractivity contribution in [3.05, 3.63) is 65.2 Å². The summed E-state index contributed by atoms with van der Waals surface area (Å²) < 4.78 is 5.97. The first-order chi connectivity index (χ1) is 14.2. The first-order valence-electron chi connectivity index (χ1n) is 10.9. The molecule has 2 aromatic carbocycles. The molecular formula is C25H32N2O2. The third-order valence-electron chi connectivity index (χ3n) is 6.15. The Balaban J connectivity index is 1.25. The minimum atomic E-state index is 0.224. The van der Waals surface area contributed by atoms with E-state index >= 15 is 0 Å². The first-order valence-corrected chi connectivity index (χ1v) is 10.9. The van der Waals surface area contributed by atoms with Crippen molar-refractivity contribution in [2.75, 3.05) is 19.6 Å². The van der Waals surface area contributed by atoms with E-state index in [1.165, 1.54) is 24.0 Å². The van der Waals surface area contributed by atoms with Crippen LogP contribution in [-0.2, 0) is 17.8 Å². The van der Waals surface area contributed by atoms with Crippen molar-refractivity contribution in [1.82, 2.24) is 10.2 Å². The molecule has 154 valence electrons. The molecule has 4 nitrogen and oxygen atoms in total. The zero-order chi connectivity index (χ0) is 20.1. The Kier molecular flexibility index (Phi) is 6.50. The minimum absolute atomic E-state index is 0.224. The van der Waals surface area contributed by atoms with Crippen molar-refractivity contribution in [3.8, 4) is 5.75 Å². The molecule has 2 fully saturated rings. The Bertz CT molecular complexity index is 823. The van der Waals surface area contributed by atoms with Crippen LogP contribution in [0.3, 0.4) is 0 Å². The van der Waals surface area contributed by atoms with Crippen LogP contribution in [0.4, 0.5) is 0 Å². The fourth-order valence-electron chi connectivity index (χ4n) is 3.95. The lowest BCUT2D eigenvalue weighted by molar-refractivity contribution is -0.131. The van der Waals surface area contributed by atoms with E-state index in [0.717, 1.165) is 49.7 Å². The lowest BCUT2D eigenvalue weighted by Crippen LogP contribution is -2.45. The number of likely N-dealkylation sites (tertiary alicyclic amines) is 1. The van der Waals surface area contributed by atoms with Gasteiger partial charge < -0.3 is 15.0 Å². The van der Waals surface area contributed by atoms with Crippen LogP contribution in [0.1, 0.15) is 42.4 Å². The molecule has 2 aromatic rings. The second-order valence-electron chi connectivity index (χ2n) is 8.55. The molecule has 29 heavy (non-hydrogen) atoms. The van der Waals surface area contributed by atoms with Gasteiger partial charge in [-0.1, -0.05) is 36.4 Å². The topological polar surface area (TPSA) is 41.6 Å². The molecule has 0 radical (unpaired) electrons. The molecule has 1 amide bonds. The smallest absolute Gasteiger partial charge is 0.226 e. The van der Waals surface area contributed by atoms with Gasteiger partial charge in [-0.3, -0.25) is 4.79 Å². The number of aryl methyl sites for hydroxylation is 1. The fraction of sp³-hybridized carbons (Fsp3) is 0.480. The second-order valence-corrected chi connectivity index (χ2v) is 8.55. The lowest BCUT2D eigenvalue weighted by atomic mass is 10.0. The Morgan fingerprint density at radius 1 is 1.07 bits per heavy atom. The molecule has 1 saturated carbocycles. The van der Waals surface area contributed by atoms with E-state index in [4.69, 9.17) is 4.74 Å². The first kappa shape index (κ1) is 20.0. The van der Waals surface area contributed by atoms with E-state index in [0.29, 0.717) is 19.1 Å². The predicted octanol–water partition coefficient (Wildman–Crippen LogP) is 4.11. The third kappa shape index (κ3) is 5.83. The van der Waals surface area contributed by atoms with Crippen LogP contribution in [0, 0.1) is 12.8 Å². The highest BCUT2D eigenvalue weighted by atomic mass is 16.5. The largest absolute Gasteiger partial charge is 0.489 e. The van der Waals surface area contributed by atoms with Gasteiger partial charge in [-0.05, 0) is 73.9 Å². The number of hydrogen-bond acceptors (Lipinski definition) is 3. The maximum Gasteiger partial charge on any atom is 0.226 e. The number of rotatable bonds is 8. The van der Waals surface area contributed by atoms with Crippen molar-refractivity contribution in [2.24, 2.45) is 5.92 Å². The highest BCUT2D eigenvalue weighted by molar-refractivity contribution is 5.79. The molecule has 1 aliphatic carbocycles. The van der Waals surface area contributed by atoms with Crippen LogP contribution in [0.2, 0.25) is 0 Å². The van der Waals surface area contributed by atoms with Crippen molar-refractivity contribution in [1.29, 1.82) is 0 Å². The Labute approximate surface area is 174 Å². The molecule has 1 saturated heterocycles. The fourth-order valence-corrected chi connectivity index (χ4v) is 3.95. The van der Waals surface area contributed by atoms with Gasteiger partial charge in [-0.25, -0.2) is 0 Å². The number of ether oxygens (including phenoxy) is 1. The number of carbonyl (C=O) groups is 1. The van der Waals surface area contributed by atoms with Gasteiger partial charge in [0.25, 0.3) is 0 Å². The SMILES string of the molecule is Cc1ccccc1COc1cccc(CC(=O)N2CCC(NCC3CC3)CC2)c1. The summed E-state index contributed by atoms with van der Waals surface area (Å²) in [5, 5.41) is 3.68. The van der Waals surface area contributed by atoms with Crippen LogP contribution in [0.5, 0.6) is 5.75 Å². The molecule has 2 aliphatic rings. The standard InChI is InChI=1S/C25H32N2O2/c1-19-5-2-3-7-22(19)18-29-24-8-4-6-21(15-24)16-25(28)27-13-11-23(12-14-27)26-17-20-9-10-20/h2-8,15,20,23,26H,9-14,16-18H2,1H3. The highest BCUT2D eigenvalue weighted by Gasteiger charge is 2.25. The maximum atomic E-state index is 12.8. The van der Waals surface area contributed by atoms with Gasteiger partial charge in [-0.15, -0.1) is 0 Å². The van der Waals surface area contributed by atoms with Gasteiger partial charge in [0.1, 0.15) is 12.4 Å². The van der Waals surface area contributed by atoms with Crippen LogP contribution in [0.25, 0.3) is 0 Å². The van der Waals surface area contributed by atoms with Gasteiger partial charge in [0.2, 0.25) is 5.91 Å². The summed E-state index contributed by atoms with van der Waals surface area (Å²) in [4.78, 5) is 14.8. The quantitative estimate of drug-likeness (QED) is 0.735. The van der Waals surface area contributed by atoms with E-state index < -0.39 is 0 Å². The third-order valence-corrected chi connectivity index (χ3v) is 6.15. The average Bonchev–Trinajstić information content (AvgIpc) is 3.57. The van der Waals surface area contributed by atoms with Crippen LogP contribution in [0.15, 0.2) is 48.5 Å². The Morgan fingerprint density at radius 2 is 1.86 bits per heavy atom. The number of amides is 1. The molecule has 0 spiro atoms. The van der Waals surface area contributed by atoms with E-state index in [9.17, 15) is 4.79 Å². The minimum Gasteiger partial charge on any atom is -0.489 e. The van der Waals surface area contributed by atoms with E-state index in [1.807, 2.05) is 41.3 Å². The normalized spacial score (nSPS) is 17.3. The van der Waals surface area contributed by atoms with Crippen LogP contribution < -0.4 is 10.1 Å². The molecule has 1 aliphatic heterocycles. The summed E-state index contributed by atoms with van der Waals surface area (Å²) in [6.07, 6.45) is 5.36. The van der Waals surface area contributed by atoms with Gasteiger partial charge in [-0.2, -0.15) is 0 Å². The summed E-state index contributed by atoms with van der Waals surface area (Å²) in [6, 6.07) is 16.8. The van der Waals surface area contributed by atoms with E-state index in [1.54, 1.807) is 0 Å². The second kappa shape index (κ2) is 9.45. The van der Waals surface area contributed by atoms with Crippen LogP contribution >= 0.6 is 0 Å². The summed E-state index contributed by atoms with van der Waals surface area (Å²) >= 11 is 0.